The summed E-state index contributed by atoms with van der Waals surface area (Å²) >= 11 is -1.12. The van der Waals surface area contributed by atoms with Crippen LogP contribution in [0.25, 0.3) is 0 Å². The van der Waals surface area contributed by atoms with E-state index < -0.39 is 21.2 Å². The number of hydrogen-bond donors (Lipinski definition) is 0. The Morgan fingerprint density at radius 2 is 0.725 bits per heavy atom. The molecule has 40 heavy (non-hydrogen) atoms. The van der Waals surface area contributed by atoms with Gasteiger partial charge in [-0.25, -0.2) is 0 Å². The van der Waals surface area contributed by atoms with Gasteiger partial charge < -0.3 is 0 Å². The Labute approximate surface area is 262 Å². The van der Waals surface area contributed by atoms with Gasteiger partial charge in [-0.15, -0.1) is 0 Å². The first-order valence-corrected chi connectivity index (χ1v) is 20.1. The maximum Gasteiger partial charge on any atom is 0.182 e. The average molecular weight is 669 g/mol. The summed E-state index contributed by atoms with van der Waals surface area (Å²) in [5.74, 6) is 0. The van der Waals surface area contributed by atoms with E-state index in [2.05, 4.69) is 33.8 Å². The Hall–Kier alpha value is -0.250. The van der Waals surface area contributed by atoms with Crippen LogP contribution >= 0.6 is 21.2 Å². The quantitative estimate of drug-likeness (QED) is 0.0613. The van der Waals surface area contributed by atoms with Crippen molar-refractivity contribution in [2.24, 2.45) is 0 Å². The van der Waals surface area contributed by atoms with Crippen molar-refractivity contribution in [1.82, 2.24) is 0 Å². The van der Waals surface area contributed by atoms with Gasteiger partial charge in [-0.1, -0.05) is 156 Å². The fraction of sp³-hybridized carbons (Fsp3) is 0.842. The second-order valence-corrected chi connectivity index (χ2v) is 14.2. The van der Waals surface area contributed by atoms with Crippen LogP contribution in [0.2, 0.25) is 0 Å². The molecule has 0 spiro atoms. The fourth-order valence-electron chi connectivity index (χ4n) is 6.36. The van der Waals surface area contributed by atoms with Crippen LogP contribution in [-0.4, -0.2) is 0 Å². The first-order chi connectivity index (χ1) is 19.7. The second kappa shape index (κ2) is 27.6. The van der Waals surface area contributed by atoms with Crippen molar-refractivity contribution in [2.45, 2.75) is 207 Å². The van der Waals surface area contributed by atoms with Crippen molar-refractivity contribution in [3.05, 3.63) is 31.9 Å². The van der Waals surface area contributed by atoms with Crippen molar-refractivity contribution >= 4 is 21.2 Å². The summed E-state index contributed by atoms with van der Waals surface area (Å²) in [6.45, 7) is 9.23. The molecule has 0 amide bonds. The minimum absolute atomic E-state index is 1.12. The molecule has 0 saturated carbocycles. The Morgan fingerprint density at radius 1 is 0.400 bits per heavy atom. The summed E-state index contributed by atoms with van der Waals surface area (Å²) in [5, 5.41) is 0. The number of hydrogen-bond acceptors (Lipinski definition) is 1. The monoisotopic (exact) mass is 668 g/mol. The lowest BCUT2D eigenvalue weighted by Crippen LogP contribution is -2.09. The summed E-state index contributed by atoms with van der Waals surface area (Å²) < 4.78 is 14.0. The van der Waals surface area contributed by atoms with E-state index in [4.69, 9.17) is 0 Å². The molecule has 0 heterocycles. The smallest absolute Gasteiger partial charge is 0.182 e. The van der Waals surface area contributed by atoms with E-state index >= 15 is 0 Å². The first kappa shape index (κ1) is 37.8. The third kappa shape index (κ3) is 17.6. The topological polar surface area (TPSA) is 17.1 Å². The average Bonchev–Trinajstić information content (AvgIpc) is 2.97. The largest absolute Gasteiger partial charge is 0.265 e. The van der Waals surface area contributed by atoms with E-state index in [0.29, 0.717) is 0 Å². The zero-order valence-corrected chi connectivity index (χ0v) is 29.8. The second-order valence-electron chi connectivity index (χ2n) is 12.6. The van der Waals surface area contributed by atoms with Gasteiger partial charge in [0.1, 0.15) is 0 Å². The van der Waals surface area contributed by atoms with Gasteiger partial charge in [0.25, 0.3) is 0 Å². The number of aryl methyl sites for hydroxylation is 1. The summed E-state index contributed by atoms with van der Waals surface area (Å²) in [6.07, 6.45) is 37.3. The molecule has 1 aromatic carbocycles. The number of rotatable bonds is 29. The highest BCUT2D eigenvalue weighted by Gasteiger charge is 2.18. The Balaban J connectivity index is 3.13. The molecular formula is C38H69IO. The van der Waals surface area contributed by atoms with Gasteiger partial charge in [-0.2, -0.15) is 0 Å². The van der Waals surface area contributed by atoms with Crippen LogP contribution in [-0.2, 0) is 28.8 Å². The zero-order valence-electron chi connectivity index (χ0n) is 27.7. The molecule has 1 aromatic rings. The summed E-state index contributed by atoms with van der Waals surface area (Å²) in [7, 11) is 0. The standard InChI is InChI=1S/C38H69IO/c1-5-9-13-17-21-25-29-34-33-38(39-40)37(32-28-24-20-16-12-8-4)36(31-27-23-19-15-11-7-3)35(34)30-26-22-18-14-10-6-2/h33H,5-32H2,1-4H3. The van der Waals surface area contributed by atoms with E-state index in [1.54, 1.807) is 22.3 Å². The highest BCUT2D eigenvalue weighted by Crippen LogP contribution is 2.33. The molecule has 0 radical (unpaired) electrons. The van der Waals surface area contributed by atoms with Crippen LogP contribution in [0.4, 0.5) is 0 Å². The molecule has 0 aromatic heterocycles. The van der Waals surface area contributed by atoms with Gasteiger partial charge in [0.05, 0.1) is 3.57 Å². The van der Waals surface area contributed by atoms with Crippen LogP contribution in [0.15, 0.2) is 6.07 Å². The predicted molar refractivity (Wildman–Crippen MR) is 188 cm³/mol. The van der Waals surface area contributed by atoms with Gasteiger partial charge in [0.2, 0.25) is 0 Å². The third-order valence-electron chi connectivity index (χ3n) is 8.93. The molecule has 0 bridgehead atoms. The minimum Gasteiger partial charge on any atom is -0.265 e. The van der Waals surface area contributed by atoms with E-state index in [-0.39, 0.29) is 0 Å². The van der Waals surface area contributed by atoms with Crippen LogP contribution < -0.4 is 0 Å². The van der Waals surface area contributed by atoms with Crippen LogP contribution in [0.3, 0.4) is 0 Å². The molecule has 0 N–H and O–H groups in total. The zero-order chi connectivity index (χ0) is 29.1. The van der Waals surface area contributed by atoms with E-state index in [1.807, 2.05) is 0 Å². The van der Waals surface area contributed by atoms with Crippen molar-refractivity contribution < 1.29 is 3.07 Å². The maximum absolute atomic E-state index is 12.7. The first-order valence-electron chi connectivity index (χ1n) is 18.2. The molecule has 234 valence electrons. The van der Waals surface area contributed by atoms with Crippen molar-refractivity contribution in [3.63, 3.8) is 0 Å². The van der Waals surface area contributed by atoms with Crippen LogP contribution in [0.5, 0.6) is 0 Å². The van der Waals surface area contributed by atoms with E-state index in [1.165, 1.54) is 177 Å². The third-order valence-corrected chi connectivity index (χ3v) is 10.4. The Morgan fingerprint density at radius 3 is 1.12 bits per heavy atom. The highest BCUT2D eigenvalue weighted by atomic mass is 127. The lowest BCUT2D eigenvalue weighted by atomic mass is 9.85. The molecule has 0 fully saturated rings. The number of halogens is 1. The molecule has 0 atom stereocenters. The molecule has 0 aliphatic heterocycles. The molecule has 1 nitrogen and oxygen atoms in total. The number of unbranched alkanes of at least 4 members (excludes halogenated alkanes) is 20. The van der Waals surface area contributed by atoms with Crippen molar-refractivity contribution in [3.8, 4) is 0 Å². The van der Waals surface area contributed by atoms with Crippen molar-refractivity contribution in [2.75, 3.05) is 0 Å². The molecule has 0 saturated heterocycles. The van der Waals surface area contributed by atoms with Gasteiger partial charge >= 0.3 is 0 Å². The Bertz CT molecular complexity index is 725. The summed E-state index contributed by atoms with van der Waals surface area (Å²) in [4.78, 5) is 0. The van der Waals surface area contributed by atoms with Crippen molar-refractivity contribution in [1.29, 1.82) is 0 Å². The molecule has 1 rings (SSSR count). The summed E-state index contributed by atoms with van der Waals surface area (Å²) in [6, 6.07) is 2.45. The molecular weight excluding hydrogens is 599 g/mol. The van der Waals surface area contributed by atoms with Gasteiger partial charge in [0.15, 0.2) is 21.2 Å². The van der Waals surface area contributed by atoms with E-state index in [9.17, 15) is 3.07 Å². The Kier molecular flexibility index (Phi) is 26.0. The normalized spacial score (nSPS) is 11.5. The molecule has 0 unspecified atom stereocenters. The van der Waals surface area contributed by atoms with Gasteiger partial charge in [0, 0.05) is 0 Å². The highest BCUT2D eigenvalue weighted by molar-refractivity contribution is 14.1. The number of benzene rings is 1. The van der Waals surface area contributed by atoms with Gasteiger partial charge in [-0.3, -0.25) is 3.07 Å². The predicted octanol–water partition coefficient (Wildman–Crippen LogP) is 13.8. The lowest BCUT2D eigenvalue weighted by molar-refractivity contribution is 0.588. The van der Waals surface area contributed by atoms with Crippen LogP contribution in [0, 0.1) is 3.57 Å². The summed E-state index contributed by atoms with van der Waals surface area (Å²) in [5.41, 5.74) is 6.51. The SMILES string of the molecule is CCCCCCCCc1cc(I=O)c(CCCCCCCC)c(CCCCCCCC)c1CCCCCCCC. The van der Waals surface area contributed by atoms with Gasteiger partial charge in [-0.05, 0) is 79.7 Å². The maximum atomic E-state index is 12.7. The van der Waals surface area contributed by atoms with Crippen LogP contribution in [0.1, 0.15) is 204 Å². The molecule has 0 aliphatic carbocycles. The van der Waals surface area contributed by atoms with E-state index in [0.717, 1.165) is 6.42 Å². The fourth-order valence-corrected chi connectivity index (χ4v) is 7.73. The lowest BCUT2D eigenvalue weighted by Gasteiger charge is -2.22. The molecule has 2 heteroatoms. The minimum atomic E-state index is -1.12. The molecule has 0 aliphatic rings.